The third-order valence-corrected chi connectivity index (χ3v) is 9.15. The van der Waals surface area contributed by atoms with Crippen molar-refractivity contribution in [3.05, 3.63) is 180 Å². The van der Waals surface area contributed by atoms with Gasteiger partial charge in [-0.1, -0.05) is 91.0 Å². The summed E-state index contributed by atoms with van der Waals surface area (Å²) < 4.78 is 0. The van der Waals surface area contributed by atoms with E-state index in [4.69, 9.17) is 15.0 Å². The molecular formula is C42H26N3OPt-. The van der Waals surface area contributed by atoms with Crippen LogP contribution in [0.1, 0.15) is 22.4 Å². The van der Waals surface area contributed by atoms with E-state index in [-0.39, 0.29) is 26.8 Å². The van der Waals surface area contributed by atoms with E-state index in [1.807, 2.05) is 54.7 Å². The summed E-state index contributed by atoms with van der Waals surface area (Å²) in [4.78, 5) is 15.1. The molecule has 1 aliphatic rings. The van der Waals surface area contributed by atoms with Crippen molar-refractivity contribution in [1.29, 1.82) is 0 Å². The van der Waals surface area contributed by atoms with Crippen LogP contribution in [0.25, 0.3) is 55.4 Å². The number of phenols is 1. The first-order chi connectivity index (χ1) is 22.7. The molecule has 0 radical (unpaired) electrons. The molecule has 0 saturated heterocycles. The monoisotopic (exact) mass is 783 g/mol. The Labute approximate surface area is 286 Å². The topological polar surface area (TPSA) is 58.9 Å². The van der Waals surface area contributed by atoms with Crippen molar-refractivity contribution in [2.24, 2.45) is 0 Å². The normalized spacial score (nSPS) is 12.8. The fourth-order valence-corrected chi connectivity index (χ4v) is 7.09. The smallest absolute Gasteiger partial charge is 0.124 e. The molecule has 0 amide bonds. The van der Waals surface area contributed by atoms with Gasteiger partial charge < -0.3 is 5.11 Å². The molecule has 0 spiro atoms. The zero-order valence-electron chi connectivity index (χ0n) is 25.0. The number of rotatable bonds is 4. The fraction of sp³-hybridized carbons (Fsp3) is 0.0238. The van der Waals surface area contributed by atoms with E-state index in [0.29, 0.717) is 17.1 Å². The maximum absolute atomic E-state index is 10.8. The summed E-state index contributed by atoms with van der Waals surface area (Å²) in [6.07, 6.45) is 1.90. The maximum Gasteiger partial charge on any atom is 0.124 e. The van der Waals surface area contributed by atoms with Gasteiger partial charge in [-0.2, -0.15) is 0 Å². The number of hydrogen-bond donors (Lipinski definition) is 1. The van der Waals surface area contributed by atoms with Crippen LogP contribution >= 0.6 is 0 Å². The molecule has 0 aliphatic heterocycles. The Kier molecular flexibility index (Phi) is 7.04. The van der Waals surface area contributed by atoms with E-state index >= 15 is 0 Å². The van der Waals surface area contributed by atoms with E-state index in [1.165, 1.54) is 16.5 Å². The van der Waals surface area contributed by atoms with E-state index in [2.05, 4.69) is 97.1 Å². The van der Waals surface area contributed by atoms with Crippen LogP contribution in [0, 0.1) is 6.07 Å². The Morgan fingerprint density at radius 2 is 1.19 bits per heavy atom. The van der Waals surface area contributed by atoms with E-state index < -0.39 is 5.41 Å². The third kappa shape index (κ3) is 4.52. The van der Waals surface area contributed by atoms with Crippen LogP contribution in [0.2, 0.25) is 0 Å². The van der Waals surface area contributed by atoms with E-state index in [9.17, 15) is 5.11 Å². The standard InChI is InChI=1S/C42H26N3O.Pt/c46-39-21-8-5-17-34(39)37-20-10-22-40(44-37)42(35-18-6-3-15-32(35)33-16-4-7-19-36(33)42)31-14-9-13-29(24-31)41-43-26-30-23-27-11-1-2-12-28(27)25-38(30)45-41;/h1-23,25-26,46H;/q-1;. The minimum absolute atomic E-state index is 0. The van der Waals surface area contributed by atoms with Gasteiger partial charge in [-0.05, 0) is 69.4 Å². The molecule has 0 saturated carbocycles. The molecule has 4 nitrogen and oxygen atoms in total. The summed E-state index contributed by atoms with van der Waals surface area (Å²) in [5.41, 5.74) is 8.74. The van der Waals surface area contributed by atoms with Crippen LogP contribution in [-0.2, 0) is 26.5 Å². The molecule has 0 bridgehead atoms. The van der Waals surface area contributed by atoms with Crippen LogP contribution in [0.15, 0.2) is 152 Å². The van der Waals surface area contributed by atoms with Gasteiger partial charge in [0.1, 0.15) is 5.75 Å². The average Bonchev–Trinajstić information content (AvgIpc) is 3.42. The van der Waals surface area contributed by atoms with Crippen LogP contribution in [-0.4, -0.2) is 20.1 Å². The molecule has 0 unspecified atom stereocenters. The first kappa shape index (κ1) is 29.0. The van der Waals surface area contributed by atoms with Gasteiger partial charge in [-0.15, -0.1) is 35.4 Å². The number of phenolic OH excluding ortho intramolecular Hbond substituents is 1. The molecule has 2 aromatic heterocycles. The summed E-state index contributed by atoms with van der Waals surface area (Å²) >= 11 is 0. The molecule has 1 N–H and O–H groups in total. The second-order valence-corrected chi connectivity index (χ2v) is 11.7. The predicted octanol–water partition coefficient (Wildman–Crippen LogP) is 9.38. The molecule has 2 heterocycles. The molecule has 0 fully saturated rings. The summed E-state index contributed by atoms with van der Waals surface area (Å²) in [5.74, 6) is 0.818. The molecule has 47 heavy (non-hydrogen) atoms. The van der Waals surface area contributed by atoms with Gasteiger partial charge in [0, 0.05) is 38.2 Å². The van der Waals surface area contributed by atoms with Gasteiger partial charge in [0.15, 0.2) is 0 Å². The summed E-state index contributed by atoms with van der Waals surface area (Å²) in [6, 6.07) is 53.1. The van der Waals surface area contributed by atoms with Gasteiger partial charge in [0.25, 0.3) is 0 Å². The fourth-order valence-electron chi connectivity index (χ4n) is 7.09. The number of hydrogen-bond acceptors (Lipinski definition) is 4. The summed E-state index contributed by atoms with van der Waals surface area (Å²) in [6.45, 7) is 0. The minimum atomic E-state index is -0.767. The number of aromatic nitrogens is 3. The van der Waals surface area contributed by atoms with Crippen molar-refractivity contribution in [1.82, 2.24) is 15.0 Å². The van der Waals surface area contributed by atoms with Crippen molar-refractivity contribution >= 4 is 21.7 Å². The number of aromatic hydroxyl groups is 1. The molecule has 5 heteroatoms. The van der Waals surface area contributed by atoms with Gasteiger partial charge in [0.05, 0.1) is 28.1 Å². The Bertz CT molecular complexity index is 2430. The quantitative estimate of drug-likeness (QED) is 0.143. The van der Waals surface area contributed by atoms with Crippen molar-refractivity contribution in [2.45, 2.75) is 5.41 Å². The molecule has 226 valence electrons. The summed E-state index contributed by atoms with van der Waals surface area (Å²) in [5, 5.41) is 14.1. The number of pyridine rings is 1. The van der Waals surface area contributed by atoms with Gasteiger partial charge >= 0.3 is 0 Å². The number of para-hydroxylation sites is 1. The van der Waals surface area contributed by atoms with Crippen molar-refractivity contribution < 1.29 is 26.2 Å². The Morgan fingerprint density at radius 1 is 0.553 bits per heavy atom. The van der Waals surface area contributed by atoms with Gasteiger partial charge in [0.2, 0.25) is 0 Å². The SMILES string of the molecule is Oc1ccccc1-c1cccc(C2(c3[c-]c(-c4ncc5cc6ccccc6cc5n4)ccc3)c3ccccc3-c3ccccc32)n1.[Pt]. The van der Waals surface area contributed by atoms with Crippen LogP contribution < -0.4 is 0 Å². The predicted molar refractivity (Wildman–Crippen MR) is 184 cm³/mol. The second-order valence-electron chi connectivity index (χ2n) is 11.7. The zero-order chi connectivity index (χ0) is 30.7. The maximum atomic E-state index is 10.8. The Hall–Kier alpha value is -5.44. The largest absolute Gasteiger partial charge is 0.507 e. The van der Waals surface area contributed by atoms with Crippen molar-refractivity contribution in [3.8, 4) is 39.5 Å². The first-order valence-corrected chi connectivity index (χ1v) is 15.3. The van der Waals surface area contributed by atoms with Gasteiger partial charge in [-0.25, -0.2) is 0 Å². The number of nitrogens with zero attached hydrogens (tertiary/aromatic N) is 3. The van der Waals surface area contributed by atoms with E-state index in [1.54, 1.807) is 6.07 Å². The molecule has 0 atom stereocenters. The zero-order valence-corrected chi connectivity index (χ0v) is 27.3. The van der Waals surface area contributed by atoms with Crippen molar-refractivity contribution in [3.63, 3.8) is 0 Å². The van der Waals surface area contributed by atoms with Crippen LogP contribution in [0.5, 0.6) is 5.75 Å². The summed E-state index contributed by atoms with van der Waals surface area (Å²) in [7, 11) is 0. The van der Waals surface area contributed by atoms with Crippen LogP contribution in [0.3, 0.4) is 0 Å². The van der Waals surface area contributed by atoms with E-state index in [0.717, 1.165) is 44.2 Å². The molecular weight excluding hydrogens is 758 g/mol. The first-order valence-electron chi connectivity index (χ1n) is 15.3. The average molecular weight is 784 g/mol. The molecule has 9 rings (SSSR count). The van der Waals surface area contributed by atoms with Crippen LogP contribution in [0.4, 0.5) is 0 Å². The third-order valence-electron chi connectivity index (χ3n) is 9.15. The molecule has 1 aliphatic carbocycles. The minimum Gasteiger partial charge on any atom is -0.507 e. The molecule has 6 aromatic carbocycles. The number of benzene rings is 6. The molecule has 8 aromatic rings. The Morgan fingerprint density at radius 3 is 1.94 bits per heavy atom. The Balaban J connectivity index is 0.00000324. The van der Waals surface area contributed by atoms with Crippen molar-refractivity contribution in [2.75, 3.05) is 0 Å². The van der Waals surface area contributed by atoms with Gasteiger partial charge in [-0.3, -0.25) is 15.0 Å². The second kappa shape index (κ2) is 11.4. The number of fused-ring (bicyclic) bond motifs is 5.